The van der Waals surface area contributed by atoms with Gasteiger partial charge in [-0.2, -0.15) is 0 Å². The molecule has 2 aliphatic rings. The molecular formula is C29H27N3O6. The first-order chi connectivity index (χ1) is 18.7. The molecule has 0 saturated carbocycles. The number of aromatic nitrogens is 1. The summed E-state index contributed by atoms with van der Waals surface area (Å²) in [6.45, 7) is 2.75. The first kappa shape index (κ1) is 24.0. The lowest BCUT2D eigenvalue weighted by molar-refractivity contribution is 0.0299. The molecule has 0 N–H and O–H groups in total. The normalized spacial score (nSPS) is 17.2. The fraction of sp³-hybridized carbons (Fsp3) is 0.276. The van der Waals surface area contributed by atoms with Crippen molar-refractivity contribution in [3.05, 3.63) is 107 Å². The van der Waals surface area contributed by atoms with Crippen molar-refractivity contribution >= 4 is 11.8 Å². The van der Waals surface area contributed by atoms with Crippen molar-refractivity contribution < 1.29 is 27.9 Å². The van der Waals surface area contributed by atoms with Gasteiger partial charge in [0.05, 0.1) is 25.5 Å². The smallest absolute Gasteiger partial charge is 0.290 e. The lowest BCUT2D eigenvalue weighted by Gasteiger charge is -2.37. The lowest BCUT2D eigenvalue weighted by Crippen LogP contribution is -2.40. The summed E-state index contributed by atoms with van der Waals surface area (Å²) in [5.41, 5.74) is 3.41. The fourth-order valence-corrected chi connectivity index (χ4v) is 4.99. The van der Waals surface area contributed by atoms with E-state index in [1.165, 1.54) is 12.5 Å². The minimum absolute atomic E-state index is 0.0697. The Hall–Kier alpha value is -4.37. The molecule has 0 aliphatic carbocycles. The summed E-state index contributed by atoms with van der Waals surface area (Å²) in [6.07, 6.45) is 3.60. The molecule has 4 heterocycles. The fourth-order valence-electron chi connectivity index (χ4n) is 4.99. The molecule has 2 amide bonds. The predicted molar refractivity (Wildman–Crippen MR) is 136 cm³/mol. The maximum Gasteiger partial charge on any atom is 0.290 e. The van der Waals surface area contributed by atoms with E-state index in [0.29, 0.717) is 50.2 Å². The summed E-state index contributed by atoms with van der Waals surface area (Å²) >= 11 is 0. The number of hydrogen-bond acceptors (Lipinski definition) is 7. The van der Waals surface area contributed by atoms with Crippen LogP contribution < -0.4 is 4.74 Å². The molecule has 38 heavy (non-hydrogen) atoms. The molecule has 0 radical (unpaired) electrons. The third kappa shape index (κ3) is 4.80. The Morgan fingerprint density at radius 1 is 0.947 bits per heavy atom. The number of ether oxygens (including phenoxy) is 2. The first-order valence-corrected chi connectivity index (χ1v) is 12.6. The van der Waals surface area contributed by atoms with E-state index < -0.39 is 0 Å². The van der Waals surface area contributed by atoms with Gasteiger partial charge < -0.3 is 28.1 Å². The molecule has 2 aromatic heterocycles. The predicted octanol–water partition coefficient (Wildman–Crippen LogP) is 4.11. The molecule has 2 aromatic carbocycles. The maximum atomic E-state index is 13.4. The second kappa shape index (κ2) is 10.5. The lowest BCUT2D eigenvalue weighted by atomic mass is 9.87. The van der Waals surface area contributed by atoms with Gasteiger partial charge in [-0.1, -0.05) is 36.4 Å². The summed E-state index contributed by atoms with van der Waals surface area (Å²) in [7, 11) is 0. The first-order valence-electron chi connectivity index (χ1n) is 12.6. The second-order valence-electron chi connectivity index (χ2n) is 9.22. The van der Waals surface area contributed by atoms with Crippen molar-refractivity contribution in [3.63, 3.8) is 0 Å². The topological polar surface area (TPSA) is 98.2 Å². The van der Waals surface area contributed by atoms with E-state index in [4.69, 9.17) is 18.3 Å². The summed E-state index contributed by atoms with van der Waals surface area (Å²) < 4.78 is 22.3. The van der Waals surface area contributed by atoms with Crippen LogP contribution in [0.15, 0.2) is 82.0 Å². The minimum Gasteiger partial charge on any atom is -0.484 e. The Balaban J connectivity index is 1.22. The van der Waals surface area contributed by atoms with Crippen LogP contribution in [-0.4, -0.2) is 59.4 Å². The quantitative estimate of drug-likeness (QED) is 0.383. The molecule has 0 bridgehead atoms. The number of fused-ring (bicyclic) bond motifs is 1. The Morgan fingerprint density at radius 3 is 2.58 bits per heavy atom. The molecule has 1 saturated heterocycles. The number of furan rings is 1. The number of benzene rings is 2. The zero-order chi connectivity index (χ0) is 25.9. The molecule has 2 aliphatic heterocycles. The van der Waals surface area contributed by atoms with Gasteiger partial charge in [0, 0.05) is 19.6 Å². The number of carbonyl (C=O) groups excluding carboxylic acids is 2. The maximum absolute atomic E-state index is 13.4. The van der Waals surface area contributed by atoms with Crippen LogP contribution in [0.1, 0.15) is 49.7 Å². The molecule has 6 rings (SSSR count). The van der Waals surface area contributed by atoms with Gasteiger partial charge >= 0.3 is 0 Å². The van der Waals surface area contributed by atoms with Crippen LogP contribution in [0.25, 0.3) is 0 Å². The minimum atomic E-state index is -0.291. The van der Waals surface area contributed by atoms with Crippen molar-refractivity contribution in [1.29, 1.82) is 0 Å². The molecule has 9 nitrogen and oxygen atoms in total. The van der Waals surface area contributed by atoms with Crippen molar-refractivity contribution in [2.75, 3.05) is 32.8 Å². The molecule has 0 spiro atoms. The Morgan fingerprint density at radius 2 is 1.79 bits per heavy atom. The van der Waals surface area contributed by atoms with Crippen LogP contribution >= 0.6 is 0 Å². The number of morpholine rings is 1. The number of oxazole rings is 1. The van der Waals surface area contributed by atoms with Crippen LogP contribution in [0.5, 0.6) is 5.75 Å². The number of carbonyl (C=O) groups is 2. The largest absolute Gasteiger partial charge is 0.484 e. The number of amides is 2. The standard InChI is InChI=1S/C29H27N3O6/c33-28(31-12-15-35-16-13-31)24-18-38-26(30-24)19-37-22-9-8-20-10-11-32(29(34)25-7-4-14-36-25)27(23(20)17-22)21-5-2-1-3-6-21/h1-9,14,17-18,27H,10-13,15-16,19H2. The van der Waals surface area contributed by atoms with Crippen LogP contribution in [0.2, 0.25) is 0 Å². The highest BCUT2D eigenvalue weighted by atomic mass is 16.5. The van der Waals surface area contributed by atoms with Crippen molar-refractivity contribution in [2.24, 2.45) is 0 Å². The monoisotopic (exact) mass is 513 g/mol. The summed E-state index contributed by atoms with van der Waals surface area (Å²) in [4.78, 5) is 33.9. The van der Waals surface area contributed by atoms with Gasteiger partial charge in [-0.15, -0.1) is 0 Å². The van der Waals surface area contributed by atoms with Gasteiger partial charge in [-0.05, 0) is 47.4 Å². The van der Waals surface area contributed by atoms with E-state index in [9.17, 15) is 9.59 Å². The number of hydrogen-bond donors (Lipinski definition) is 0. The third-order valence-electron chi connectivity index (χ3n) is 6.89. The third-order valence-corrected chi connectivity index (χ3v) is 6.89. The molecule has 4 aromatic rings. The van der Waals surface area contributed by atoms with Crippen LogP contribution in [0, 0.1) is 0 Å². The van der Waals surface area contributed by atoms with E-state index in [2.05, 4.69) is 4.98 Å². The molecule has 9 heteroatoms. The van der Waals surface area contributed by atoms with Crippen molar-refractivity contribution in [1.82, 2.24) is 14.8 Å². The molecular weight excluding hydrogens is 486 g/mol. The van der Waals surface area contributed by atoms with E-state index in [-0.39, 0.29) is 30.2 Å². The van der Waals surface area contributed by atoms with Gasteiger partial charge in [0.2, 0.25) is 5.89 Å². The Labute approximate surface area is 219 Å². The number of rotatable bonds is 6. The van der Waals surface area contributed by atoms with Gasteiger partial charge in [-0.25, -0.2) is 4.98 Å². The molecule has 1 fully saturated rings. The van der Waals surface area contributed by atoms with E-state index in [1.54, 1.807) is 17.0 Å². The van der Waals surface area contributed by atoms with Gasteiger partial charge in [-0.3, -0.25) is 9.59 Å². The average Bonchev–Trinajstić information content (AvgIpc) is 3.69. The summed E-state index contributed by atoms with van der Waals surface area (Å²) in [6, 6.07) is 19.0. The highest BCUT2D eigenvalue weighted by Crippen LogP contribution is 2.38. The molecule has 1 unspecified atom stereocenters. The zero-order valence-electron chi connectivity index (χ0n) is 20.7. The van der Waals surface area contributed by atoms with Crippen LogP contribution in [-0.2, 0) is 17.8 Å². The number of nitrogens with zero attached hydrogens (tertiary/aromatic N) is 3. The van der Waals surface area contributed by atoms with Gasteiger partial charge in [0.25, 0.3) is 11.8 Å². The summed E-state index contributed by atoms with van der Waals surface area (Å²) in [5, 5.41) is 0. The highest BCUT2D eigenvalue weighted by Gasteiger charge is 2.34. The van der Waals surface area contributed by atoms with E-state index >= 15 is 0 Å². The molecule has 1 atom stereocenters. The highest BCUT2D eigenvalue weighted by molar-refractivity contribution is 5.92. The zero-order valence-corrected chi connectivity index (χ0v) is 20.7. The summed E-state index contributed by atoms with van der Waals surface area (Å²) in [5.74, 6) is 0.917. The van der Waals surface area contributed by atoms with E-state index in [0.717, 1.165) is 23.1 Å². The van der Waals surface area contributed by atoms with Crippen LogP contribution in [0.4, 0.5) is 0 Å². The molecule has 194 valence electrons. The van der Waals surface area contributed by atoms with Gasteiger partial charge in [0.15, 0.2) is 18.1 Å². The van der Waals surface area contributed by atoms with Crippen molar-refractivity contribution in [3.8, 4) is 5.75 Å². The SMILES string of the molecule is O=C(c1coc(COc2ccc3c(c2)C(c2ccccc2)N(C(=O)c2ccco2)CC3)n1)N1CCOCC1. The van der Waals surface area contributed by atoms with Gasteiger partial charge in [0.1, 0.15) is 12.0 Å². The van der Waals surface area contributed by atoms with Crippen LogP contribution in [0.3, 0.4) is 0 Å². The second-order valence-corrected chi connectivity index (χ2v) is 9.22. The average molecular weight is 514 g/mol. The van der Waals surface area contributed by atoms with Crippen molar-refractivity contribution in [2.45, 2.75) is 19.1 Å². The Kier molecular flexibility index (Phi) is 6.66. The Bertz CT molecular complexity index is 1410. The van der Waals surface area contributed by atoms with E-state index in [1.807, 2.05) is 53.4 Å².